The van der Waals surface area contributed by atoms with E-state index in [1.54, 1.807) is 6.07 Å². The molecule has 1 aromatic rings. The molecule has 0 fully saturated rings. The summed E-state index contributed by atoms with van der Waals surface area (Å²) in [5.41, 5.74) is 2.24. The van der Waals surface area contributed by atoms with Crippen molar-refractivity contribution in [3.8, 4) is 0 Å². The summed E-state index contributed by atoms with van der Waals surface area (Å²) in [6, 6.07) is 5.59. The van der Waals surface area contributed by atoms with Gasteiger partial charge in [0.25, 0.3) is 0 Å². The lowest BCUT2D eigenvalue weighted by molar-refractivity contribution is 0.433. The van der Waals surface area contributed by atoms with Crippen LogP contribution in [-0.2, 0) is 6.54 Å². The van der Waals surface area contributed by atoms with Gasteiger partial charge in [0.15, 0.2) is 0 Å². The molecule has 0 radical (unpaired) electrons. The summed E-state index contributed by atoms with van der Waals surface area (Å²) < 4.78 is 13.2. The quantitative estimate of drug-likeness (QED) is 0.713. The molecule has 1 rings (SSSR count). The molecule has 1 unspecified atom stereocenters. The molecule has 1 aromatic carbocycles. The predicted molar refractivity (Wildman–Crippen MR) is 76.2 cm³/mol. The summed E-state index contributed by atoms with van der Waals surface area (Å²) in [6.07, 6.45) is 6.12. The summed E-state index contributed by atoms with van der Waals surface area (Å²) in [7, 11) is 0. The third-order valence-corrected chi connectivity index (χ3v) is 3.44. The Morgan fingerprint density at radius 2 is 1.94 bits per heavy atom. The van der Waals surface area contributed by atoms with Crippen LogP contribution >= 0.6 is 0 Å². The predicted octanol–water partition coefficient (Wildman–Crippen LogP) is 4.58. The number of hydrogen-bond acceptors (Lipinski definition) is 1. The smallest absolute Gasteiger partial charge is 0.123 e. The number of nitrogens with one attached hydrogen (secondary N) is 1. The minimum absolute atomic E-state index is 0.141. The molecule has 1 atom stereocenters. The largest absolute Gasteiger partial charge is 0.310 e. The Balaban J connectivity index is 2.52. The Kier molecular flexibility index (Phi) is 6.96. The Bertz CT molecular complexity index is 349. The van der Waals surface area contributed by atoms with Crippen molar-refractivity contribution in [1.29, 1.82) is 0 Å². The van der Waals surface area contributed by atoms with Crippen molar-refractivity contribution in [2.24, 2.45) is 0 Å². The molecule has 0 heterocycles. The second-order valence-electron chi connectivity index (χ2n) is 5.08. The maximum Gasteiger partial charge on any atom is 0.123 e. The molecule has 0 aliphatic carbocycles. The van der Waals surface area contributed by atoms with E-state index < -0.39 is 0 Å². The zero-order chi connectivity index (χ0) is 13.4. The van der Waals surface area contributed by atoms with Gasteiger partial charge in [0.1, 0.15) is 5.82 Å². The molecule has 0 spiro atoms. The Morgan fingerprint density at radius 3 is 2.61 bits per heavy atom. The minimum Gasteiger partial charge on any atom is -0.310 e. The highest BCUT2D eigenvalue weighted by atomic mass is 19.1. The van der Waals surface area contributed by atoms with Crippen molar-refractivity contribution in [2.45, 2.75) is 65.5 Å². The minimum atomic E-state index is -0.141. The van der Waals surface area contributed by atoms with Gasteiger partial charge in [-0.25, -0.2) is 4.39 Å². The highest BCUT2D eigenvalue weighted by Crippen LogP contribution is 2.12. The summed E-state index contributed by atoms with van der Waals surface area (Å²) in [4.78, 5) is 0. The van der Waals surface area contributed by atoms with Crippen molar-refractivity contribution in [2.75, 3.05) is 0 Å². The normalized spacial score (nSPS) is 12.7. The highest BCUT2D eigenvalue weighted by Gasteiger charge is 2.07. The van der Waals surface area contributed by atoms with Crippen LogP contribution in [0.15, 0.2) is 18.2 Å². The number of hydrogen-bond donors (Lipinski definition) is 1. The average molecular weight is 251 g/mol. The van der Waals surface area contributed by atoms with Gasteiger partial charge in [-0.05, 0) is 43.0 Å². The van der Waals surface area contributed by atoms with Crippen LogP contribution in [0.4, 0.5) is 4.39 Å². The van der Waals surface area contributed by atoms with Gasteiger partial charge in [-0.3, -0.25) is 0 Å². The van der Waals surface area contributed by atoms with E-state index in [1.165, 1.54) is 38.2 Å². The van der Waals surface area contributed by atoms with Gasteiger partial charge in [0.2, 0.25) is 0 Å². The second-order valence-corrected chi connectivity index (χ2v) is 5.08. The molecule has 0 aliphatic heterocycles. The van der Waals surface area contributed by atoms with E-state index in [2.05, 4.69) is 19.2 Å². The third kappa shape index (κ3) is 5.18. The van der Waals surface area contributed by atoms with Crippen LogP contribution in [-0.4, -0.2) is 6.04 Å². The molecule has 0 aliphatic rings. The lowest BCUT2D eigenvalue weighted by Crippen LogP contribution is -2.28. The Morgan fingerprint density at radius 1 is 1.17 bits per heavy atom. The first-order chi connectivity index (χ1) is 8.67. The molecule has 0 saturated heterocycles. The van der Waals surface area contributed by atoms with Crippen molar-refractivity contribution >= 4 is 0 Å². The summed E-state index contributed by atoms with van der Waals surface area (Å²) >= 11 is 0. The molecule has 2 heteroatoms. The molecular weight excluding hydrogens is 225 g/mol. The maximum absolute atomic E-state index is 13.2. The molecule has 1 nitrogen and oxygen atoms in total. The number of benzene rings is 1. The molecule has 0 bridgehead atoms. The van der Waals surface area contributed by atoms with Crippen LogP contribution in [0.3, 0.4) is 0 Å². The standard InChI is InChI=1S/C16H26FN/c1-4-6-8-16(7-5-2)18-12-14-11-15(17)10-9-13(14)3/h9-11,16,18H,4-8,12H2,1-3H3. The molecule has 0 aromatic heterocycles. The molecule has 18 heavy (non-hydrogen) atoms. The van der Waals surface area contributed by atoms with Crippen molar-refractivity contribution in [1.82, 2.24) is 5.32 Å². The topological polar surface area (TPSA) is 12.0 Å². The number of rotatable bonds is 8. The maximum atomic E-state index is 13.2. The van der Waals surface area contributed by atoms with Gasteiger partial charge in [-0.1, -0.05) is 39.2 Å². The molecular formula is C16H26FN. The zero-order valence-electron chi connectivity index (χ0n) is 11.9. The van der Waals surface area contributed by atoms with Crippen molar-refractivity contribution in [3.05, 3.63) is 35.1 Å². The molecule has 0 amide bonds. The highest BCUT2D eigenvalue weighted by molar-refractivity contribution is 5.26. The fourth-order valence-corrected chi connectivity index (χ4v) is 2.23. The molecule has 1 N–H and O–H groups in total. The lowest BCUT2D eigenvalue weighted by atomic mass is 10.0. The fourth-order valence-electron chi connectivity index (χ4n) is 2.23. The van der Waals surface area contributed by atoms with Crippen LogP contribution < -0.4 is 5.32 Å². The summed E-state index contributed by atoms with van der Waals surface area (Å²) in [5, 5.41) is 3.57. The van der Waals surface area contributed by atoms with E-state index in [-0.39, 0.29) is 5.82 Å². The van der Waals surface area contributed by atoms with Gasteiger partial charge in [-0.15, -0.1) is 0 Å². The van der Waals surface area contributed by atoms with E-state index in [9.17, 15) is 4.39 Å². The van der Waals surface area contributed by atoms with Crippen LogP contribution in [0, 0.1) is 12.7 Å². The van der Waals surface area contributed by atoms with E-state index >= 15 is 0 Å². The van der Waals surface area contributed by atoms with Crippen LogP contribution in [0.1, 0.15) is 57.1 Å². The van der Waals surface area contributed by atoms with E-state index in [4.69, 9.17) is 0 Å². The van der Waals surface area contributed by atoms with E-state index in [1.807, 2.05) is 13.0 Å². The SMILES string of the molecule is CCCCC(CCC)NCc1cc(F)ccc1C. The summed E-state index contributed by atoms with van der Waals surface area (Å²) in [5.74, 6) is -0.141. The molecule has 102 valence electrons. The molecule has 0 saturated carbocycles. The van der Waals surface area contributed by atoms with Gasteiger partial charge in [0.05, 0.1) is 0 Å². The first-order valence-electron chi connectivity index (χ1n) is 7.15. The number of unbranched alkanes of at least 4 members (excludes halogenated alkanes) is 1. The lowest BCUT2D eigenvalue weighted by Gasteiger charge is -2.18. The van der Waals surface area contributed by atoms with E-state index in [0.717, 1.165) is 17.7 Å². The van der Waals surface area contributed by atoms with E-state index in [0.29, 0.717) is 6.04 Å². The first-order valence-corrected chi connectivity index (χ1v) is 7.15. The van der Waals surface area contributed by atoms with Crippen LogP contribution in [0.25, 0.3) is 0 Å². The summed E-state index contributed by atoms with van der Waals surface area (Å²) in [6.45, 7) is 7.25. The Hall–Kier alpha value is -0.890. The van der Waals surface area contributed by atoms with Crippen molar-refractivity contribution in [3.63, 3.8) is 0 Å². The fraction of sp³-hybridized carbons (Fsp3) is 0.625. The van der Waals surface area contributed by atoms with Crippen LogP contribution in [0.5, 0.6) is 0 Å². The monoisotopic (exact) mass is 251 g/mol. The van der Waals surface area contributed by atoms with Gasteiger partial charge < -0.3 is 5.32 Å². The van der Waals surface area contributed by atoms with Gasteiger partial charge in [0, 0.05) is 12.6 Å². The second kappa shape index (κ2) is 8.25. The van der Waals surface area contributed by atoms with Crippen molar-refractivity contribution < 1.29 is 4.39 Å². The third-order valence-electron chi connectivity index (χ3n) is 3.44. The van der Waals surface area contributed by atoms with Gasteiger partial charge >= 0.3 is 0 Å². The van der Waals surface area contributed by atoms with Gasteiger partial charge in [-0.2, -0.15) is 0 Å². The number of halogens is 1. The van der Waals surface area contributed by atoms with Crippen LogP contribution in [0.2, 0.25) is 0 Å². The zero-order valence-corrected chi connectivity index (χ0v) is 11.9. The Labute approximate surface area is 111 Å². The first kappa shape index (κ1) is 15.2. The average Bonchev–Trinajstić information content (AvgIpc) is 2.36. The number of aryl methyl sites for hydroxylation is 1.